The molecule has 5 nitrogen and oxygen atoms in total. The molecular weight excluding hydrogens is 290 g/mol. The zero-order valence-corrected chi connectivity index (χ0v) is 13.2. The van der Waals surface area contributed by atoms with E-state index in [2.05, 4.69) is 22.8 Å². The number of nitrogens with zero attached hydrogens (tertiary/aromatic N) is 1. The molecule has 0 aliphatic carbocycles. The number of aryl methyl sites for hydroxylation is 2. The number of carbonyl (C=O) groups is 2. The Morgan fingerprint density at radius 1 is 1.04 bits per heavy atom. The molecule has 23 heavy (non-hydrogen) atoms. The molecule has 2 amide bonds. The third kappa shape index (κ3) is 4.78. The fraction of sp³-hybridized carbons (Fsp3) is 0.167. The SMILES string of the molecule is CCc1ccc(/C=N/NC(=O)C(=O)Nc2ccccc2C)cc1. The fourth-order valence-corrected chi connectivity index (χ4v) is 1.95. The second kappa shape index (κ2) is 7.89. The molecule has 0 aliphatic rings. The van der Waals surface area contributed by atoms with E-state index in [1.165, 1.54) is 11.8 Å². The Morgan fingerprint density at radius 2 is 1.74 bits per heavy atom. The van der Waals surface area contributed by atoms with Crippen LogP contribution in [0.15, 0.2) is 53.6 Å². The van der Waals surface area contributed by atoms with Crippen molar-refractivity contribution in [1.82, 2.24) is 5.43 Å². The second-order valence-corrected chi connectivity index (χ2v) is 5.06. The Balaban J connectivity index is 1.89. The molecule has 0 heterocycles. The second-order valence-electron chi connectivity index (χ2n) is 5.06. The van der Waals surface area contributed by atoms with Gasteiger partial charge in [0, 0.05) is 5.69 Å². The largest absolute Gasteiger partial charge is 0.329 e. The number of amides is 2. The predicted octanol–water partition coefficient (Wildman–Crippen LogP) is 2.65. The van der Waals surface area contributed by atoms with Gasteiger partial charge in [0.15, 0.2) is 0 Å². The standard InChI is InChI=1S/C18H19N3O2/c1-3-14-8-10-15(11-9-14)12-19-21-18(23)17(22)20-16-7-5-4-6-13(16)2/h4-12H,3H2,1-2H3,(H,20,22)(H,21,23)/b19-12+. The molecular formula is C18H19N3O2. The molecule has 2 N–H and O–H groups in total. The molecule has 0 bridgehead atoms. The van der Waals surface area contributed by atoms with E-state index >= 15 is 0 Å². The van der Waals surface area contributed by atoms with E-state index in [9.17, 15) is 9.59 Å². The van der Waals surface area contributed by atoms with Crippen molar-refractivity contribution in [3.05, 3.63) is 65.2 Å². The lowest BCUT2D eigenvalue weighted by atomic mass is 10.1. The molecule has 2 aromatic carbocycles. The van der Waals surface area contributed by atoms with Crippen molar-refractivity contribution in [2.75, 3.05) is 5.32 Å². The molecule has 0 atom stereocenters. The lowest BCUT2D eigenvalue weighted by Gasteiger charge is -2.06. The van der Waals surface area contributed by atoms with Crippen molar-refractivity contribution in [3.63, 3.8) is 0 Å². The molecule has 2 aromatic rings. The van der Waals surface area contributed by atoms with Crippen LogP contribution < -0.4 is 10.7 Å². The summed E-state index contributed by atoms with van der Waals surface area (Å²) in [5.74, 6) is -1.56. The molecule has 0 aromatic heterocycles. The Morgan fingerprint density at radius 3 is 2.39 bits per heavy atom. The molecule has 5 heteroatoms. The van der Waals surface area contributed by atoms with Crippen LogP contribution in [-0.2, 0) is 16.0 Å². The molecule has 2 rings (SSSR count). The number of anilines is 1. The summed E-state index contributed by atoms with van der Waals surface area (Å²) in [5.41, 5.74) is 5.78. The average molecular weight is 309 g/mol. The summed E-state index contributed by atoms with van der Waals surface area (Å²) in [5, 5.41) is 6.35. The summed E-state index contributed by atoms with van der Waals surface area (Å²) in [6, 6.07) is 15.0. The van der Waals surface area contributed by atoms with Crippen molar-refractivity contribution >= 4 is 23.7 Å². The van der Waals surface area contributed by atoms with E-state index in [1.807, 2.05) is 43.3 Å². The monoisotopic (exact) mass is 309 g/mol. The molecule has 0 aliphatic heterocycles. The Kier molecular flexibility index (Phi) is 5.63. The van der Waals surface area contributed by atoms with E-state index < -0.39 is 11.8 Å². The first-order valence-electron chi connectivity index (χ1n) is 7.39. The van der Waals surface area contributed by atoms with E-state index in [4.69, 9.17) is 0 Å². The summed E-state index contributed by atoms with van der Waals surface area (Å²) in [6.07, 6.45) is 2.46. The zero-order chi connectivity index (χ0) is 16.7. The minimum atomic E-state index is -0.810. The first-order valence-corrected chi connectivity index (χ1v) is 7.39. The number of benzene rings is 2. The van der Waals surface area contributed by atoms with Gasteiger partial charge in [0.2, 0.25) is 0 Å². The van der Waals surface area contributed by atoms with Crippen LogP contribution in [0.1, 0.15) is 23.6 Å². The Hall–Kier alpha value is -2.95. The maximum Gasteiger partial charge on any atom is 0.329 e. The number of hydrogen-bond donors (Lipinski definition) is 2. The van der Waals surface area contributed by atoms with Crippen LogP contribution in [0.5, 0.6) is 0 Å². The van der Waals surface area contributed by atoms with Gasteiger partial charge in [-0.2, -0.15) is 5.10 Å². The lowest BCUT2D eigenvalue weighted by molar-refractivity contribution is -0.136. The highest BCUT2D eigenvalue weighted by molar-refractivity contribution is 6.39. The van der Waals surface area contributed by atoms with Gasteiger partial charge >= 0.3 is 11.8 Å². The van der Waals surface area contributed by atoms with E-state index in [-0.39, 0.29) is 0 Å². The van der Waals surface area contributed by atoms with Crippen molar-refractivity contribution in [1.29, 1.82) is 0 Å². The van der Waals surface area contributed by atoms with Gasteiger partial charge in [-0.1, -0.05) is 49.4 Å². The minimum Gasteiger partial charge on any atom is -0.317 e. The first kappa shape index (κ1) is 16.4. The number of para-hydroxylation sites is 1. The summed E-state index contributed by atoms with van der Waals surface area (Å²) in [7, 11) is 0. The molecule has 0 radical (unpaired) electrons. The van der Waals surface area contributed by atoms with Gasteiger partial charge < -0.3 is 5.32 Å². The van der Waals surface area contributed by atoms with Gasteiger partial charge in [-0.25, -0.2) is 5.43 Å². The van der Waals surface area contributed by atoms with Crippen LogP contribution in [0.25, 0.3) is 0 Å². The van der Waals surface area contributed by atoms with Gasteiger partial charge in [0.05, 0.1) is 6.21 Å². The van der Waals surface area contributed by atoms with Gasteiger partial charge in [-0.15, -0.1) is 0 Å². The maximum atomic E-state index is 11.8. The number of rotatable bonds is 4. The van der Waals surface area contributed by atoms with E-state index in [1.54, 1.807) is 12.1 Å². The van der Waals surface area contributed by atoms with E-state index in [0.29, 0.717) is 5.69 Å². The number of hydrogen-bond acceptors (Lipinski definition) is 3. The van der Waals surface area contributed by atoms with Crippen LogP contribution in [0.4, 0.5) is 5.69 Å². The lowest BCUT2D eigenvalue weighted by Crippen LogP contribution is -2.32. The van der Waals surface area contributed by atoms with E-state index in [0.717, 1.165) is 17.5 Å². The van der Waals surface area contributed by atoms with Crippen LogP contribution in [-0.4, -0.2) is 18.0 Å². The quantitative estimate of drug-likeness (QED) is 0.518. The average Bonchev–Trinajstić information content (AvgIpc) is 2.57. The van der Waals surface area contributed by atoms with Crippen molar-refractivity contribution < 1.29 is 9.59 Å². The molecule has 0 fully saturated rings. The number of nitrogens with one attached hydrogen (secondary N) is 2. The molecule has 0 saturated heterocycles. The Bertz CT molecular complexity index is 721. The van der Waals surface area contributed by atoms with Crippen LogP contribution in [0.2, 0.25) is 0 Å². The van der Waals surface area contributed by atoms with Gasteiger partial charge in [-0.3, -0.25) is 9.59 Å². The third-order valence-corrected chi connectivity index (χ3v) is 3.37. The molecule has 0 saturated carbocycles. The summed E-state index contributed by atoms with van der Waals surface area (Å²) >= 11 is 0. The van der Waals surface area contributed by atoms with Gasteiger partial charge in [0.25, 0.3) is 0 Å². The molecule has 118 valence electrons. The highest BCUT2D eigenvalue weighted by atomic mass is 16.2. The summed E-state index contributed by atoms with van der Waals surface area (Å²) < 4.78 is 0. The van der Waals surface area contributed by atoms with Crippen LogP contribution >= 0.6 is 0 Å². The highest BCUT2D eigenvalue weighted by Crippen LogP contribution is 2.12. The summed E-state index contributed by atoms with van der Waals surface area (Å²) in [6.45, 7) is 3.93. The van der Waals surface area contributed by atoms with Crippen LogP contribution in [0.3, 0.4) is 0 Å². The molecule has 0 unspecified atom stereocenters. The Labute approximate surface area is 135 Å². The number of carbonyl (C=O) groups excluding carboxylic acids is 2. The maximum absolute atomic E-state index is 11.8. The fourth-order valence-electron chi connectivity index (χ4n) is 1.95. The van der Waals surface area contributed by atoms with Crippen molar-refractivity contribution in [2.45, 2.75) is 20.3 Å². The van der Waals surface area contributed by atoms with Crippen molar-refractivity contribution in [3.8, 4) is 0 Å². The smallest absolute Gasteiger partial charge is 0.317 e. The predicted molar refractivity (Wildman–Crippen MR) is 91.4 cm³/mol. The van der Waals surface area contributed by atoms with Gasteiger partial charge in [-0.05, 0) is 36.1 Å². The number of hydrazone groups is 1. The van der Waals surface area contributed by atoms with Crippen LogP contribution in [0, 0.1) is 6.92 Å². The zero-order valence-electron chi connectivity index (χ0n) is 13.2. The highest BCUT2D eigenvalue weighted by Gasteiger charge is 2.13. The first-order chi connectivity index (χ1) is 11.1. The topological polar surface area (TPSA) is 70.6 Å². The van der Waals surface area contributed by atoms with Crippen molar-refractivity contribution in [2.24, 2.45) is 5.10 Å². The minimum absolute atomic E-state index is 0.604. The normalized spacial score (nSPS) is 10.5. The summed E-state index contributed by atoms with van der Waals surface area (Å²) in [4.78, 5) is 23.5. The van der Waals surface area contributed by atoms with Gasteiger partial charge in [0.1, 0.15) is 0 Å². The third-order valence-electron chi connectivity index (χ3n) is 3.37. The molecule has 0 spiro atoms.